The topological polar surface area (TPSA) is 59.4 Å². The molecule has 2 heterocycles. The minimum absolute atomic E-state index is 0.00319. The Morgan fingerprint density at radius 1 is 1.15 bits per heavy atom. The number of urea groups is 1. The fourth-order valence-corrected chi connectivity index (χ4v) is 4.04. The maximum Gasteiger partial charge on any atom is 0.317 e. The van der Waals surface area contributed by atoms with Gasteiger partial charge in [0.15, 0.2) is 0 Å². The molecule has 140 valence electrons. The van der Waals surface area contributed by atoms with E-state index in [1.807, 2.05) is 0 Å². The molecule has 3 rings (SSSR count). The highest BCUT2D eigenvalue weighted by atomic mass is 16.2. The van der Waals surface area contributed by atoms with Gasteiger partial charge in [-0.1, -0.05) is 30.3 Å². The second kappa shape index (κ2) is 9.59. The zero-order valence-corrected chi connectivity index (χ0v) is 15.6. The largest absolute Gasteiger partial charge is 0.338 e. The molecule has 2 aliphatic rings. The highest BCUT2D eigenvalue weighted by Gasteiger charge is 2.24. The Kier molecular flexibility index (Phi) is 6.90. The molecule has 1 atom stereocenters. The number of nitrogens with one attached hydrogen (secondary N) is 1. The molecule has 0 spiro atoms. The van der Waals surface area contributed by atoms with Crippen LogP contribution in [0.4, 0.5) is 4.79 Å². The molecule has 5 heteroatoms. The molecule has 2 aliphatic heterocycles. The zero-order chi connectivity index (χ0) is 18.2. The molecule has 5 nitrogen and oxygen atoms in total. The Bertz CT molecular complexity index is 604. The SMILES string of the molecule is N#C[C@@H]1CCCN(C(=O)NCCC2CCN(Cc3ccccc3)CC2)C1. The number of benzene rings is 1. The van der Waals surface area contributed by atoms with Crippen molar-refractivity contribution in [2.45, 2.75) is 38.6 Å². The Morgan fingerprint density at radius 2 is 1.92 bits per heavy atom. The van der Waals surface area contributed by atoms with Crippen LogP contribution in [0.5, 0.6) is 0 Å². The van der Waals surface area contributed by atoms with Gasteiger partial charge in [-0.25, -0.2) is 4.79 Å². The van der Waals surface area contributed by atoms with E-state index < -0.39 is 0 Å². The number of carbonyl (C=O) groups is 1. The van der Waals surface area contributed by atoms with E-state index in [0.717, 1.165) is 52.0 Å². The molecule has 0 aromatic heterocycles. The van der Waals surface area contributed by atoms with Gasteiger partial charge in [-0.15, -0.1) is 0 Å². The Hall–Kier alpha value is -2.06. The smallest absolute Gasteiger partial charge is 0.317 e. The number of hydrogen-bond acceptors (Lipinski definition) is 3. The van der Waals surface area contributed by atoms with Crippen LogP contribution < -0.4 is 5.32 Å². The fraction of sp³-hybridized carbons (Fsp3) is 0.619. The molecular weight excluding hydrogens is 324 g/mol. The van der Waals surface area contributed by atoms with Crippen molar-refractivity contribution < 1.29 is 4.79 Å². The number of rotatable bonds is 5. The summed E-state index contributed by atoms with van der Waals surface area (Å²) in [6.45, 7) is 5.43. The summed E-state index contributed by atoms with van der Waals surface area (Å²) in [7, 11) is 0. The van der Waals surface area contributed by atoms with Crippen LogP contribution in [0.25, 0.3) is 0 Å². The van der Waals surface area contributed by atoms with Gasteiger partial charge < -0.3 is 10.2 Å². The van der Waals surface area contributed by atoms with E-state index in [2.05, 4.69) is 46.6 Å². The molecule has 0 unspecified atom stereocenters. The van der Waals surface area contributed by atoms with Gasteiger partial charge in [0.1, 0.15) is 0 Å². The van der Waals surface area contributed by atoms with Crippen molar-refractivity contribution in [1.82, 2.24) is 15.1 Å². The van der Waals surface area contributed by atoms with E-state index in [-0.39, 0.29) is 11.9 Å². The zero-order valence-electron chi connectivity index (χ0n) is 15.6. The number of piperidine rings is 2. The number of carbonyl (C=O) groups excluding carboxylic acids is 1. The van der Waals surface area contributed by atoms with Crippen LogP contribution in [0.2, 0.25) is 0 Å². The van der Waals surface area contributed by atoms with Gasteiger partial charge in [0.2, 0.25) is 0 Å². The van der Waals surface area contributed by atoms with Crippen molar-refractivity contribution in [2.75, 3.05) is 32.7 Å². The first-order chi connectivity index (χ1) is 12.7. The molecule has 2 fully saturated rings. The minimum atomic E-state index is 0.00319. The molecule has 26 heavy (non-hydrogen) atoms. The summed E-state index contributed by atoms with van der Waals surface area (Å²) in [5.74, 6) is 0.707. The van der Waals surface area contributed by atoms with Gasteiger partial charge in [0.25, 0.3) is 0 Å². The number of amides is 2. The Balaban J connectivity index is 1.31. The summed E-state index contributed by atoms with van der Waals surface area (Å²) >= 11 is 0. The highest BCUT2D eigenvalue weighted by molar-refractivity contribution is 5.74. The average molecular weight is 354 g/mol. The Labute approximate surface area is 157 Å². The van der Waals surface area contributed by atoms with E-state index in [1.165, 1.54) is 18.4 Å². The van der Waals surface area contributed by atoms with Crippen LogP contribution in [-0.2, 0) is 6.54 Å². The van der Waals surface area contributed by atoms with Gasteiger partial charge in [0.05, 0.1) is 12.0 Å². The van der Waals surface area contributed by atoms with Crippen molar-refractivity contribution in [3.05, 3.63) is 35.9 Å². The van der Waals surface area contributed by atoms with Crippen LogP contribution in [0.1, 0.15) is 37.7 Å². The third-order valence-electron chi connectivity index (χ3n) is 5.68. The lowest BCUT2D eigenvalue weighted by molar-refractivity contribution is 0.165. The third kappa shape index (κ3) is 5.47. The number of nitrogens with zero attached hydrogens (tertiary/aromatic N) is 3. The molecule has 0 bridgehead atoms. The second-order valence-electron chi connectivity index (χ2n) is 7.64. The summed E-state index contributed by atoms with van der Waals surface area (Å²) in [5, 5.41) is 12.1. The first-order valence-electron chi connectivity index (χ1n) is 9.93. The van der Waals surface area contributed by atoms with Gasteiger partial charge in [-0.3, -0.25) is 4.90 Å². The van der Waals surface area contributed by atoms with E-state index in [0.29, 0.717) is 12.5 Å². The first-order valence-corrected chi connectivity index (χ1v) is 9.93. The van der Waals surface area contributed by atoms with Crippen molar-refractivity contribution in [2.24, 2.45) is 11.8 Å². The molecule has 0 saturated carbocycles. The van der Waals surface area contributed by atoms with E-state index in [1.54, 1.807) is 4.90 Å². The lowest BCUT2D eigenvalue weighted by atomic mass is 9.93. The maximum absolute atomic E-state index is 12.3. The van der Waals surface area contributed by atoms with Crippen LogP contribution in [0.15, 0.2) is 30.3 Å². The fourth-order valence-electron chi connectivity index (χ4n) is 4.04. The van der Waals surface area contributed by atoms with Crippen LogP contribution in [-0.4, -0.2) is 48.6 Å². The van der Waals surface area contributed by atoms with Gasteiger partial charge in [-0.2, -0.15) is 5.26 Å². The van der Waals surface area contributed by atoms with Crippen molar-refractivity contribution in [3.8, 4) is 6.07 Å². The molecule has 1 aromatic rings. The molecule has 2 amide bonds. The van der Waals surface area contributed by atoms with E-state index in [9.17, 15) is 4.79 Å². The predicted molar refractivity (Wildman–Crippen MR) is 102 cm³/mol. The third-order valence-corrected chi connectivity index (χ3v) is 5.68. The summed E-state index contributed by atoms with van der Waals surface area (Å²) in [4.78, 5) is 16.6. The molecule has 0 radical (unpaired) electrons. The van der Waals surface area contributed by atoms with E-state index >= 15 is 0 Å². The second-order valence-corrected chi connectivity index (χ2v) is 7.64. The quantitative estimate of drug-likeness (QED) is 0.883. The maximum atomic E-state index is 12.3. The summed E-state index contributed by atoms with van der Waals surface area (Å²) < 4.78 is 0. The monoisotopic (exact) mass is 354 g/mol. The van der Waals surface area contributed by atoms with Gasteiger partial charge >= 0.3 is 6.03 Å². The van der Waals surface area contributed by atoms with Crippen LogP contribution >= 0.6 is 0 Å². The molecule has 0 aliphatic carbocycles. The standard InChI is InChI=1S/C21H30N4O/c22-15-20-7-4-12-25(17-20)21(26)23-11-8-18-9-13-24(14-10-18)16-19-5-2-1-3-6-19/h1-3,5-6,18,20H,4,7-14,16-17H2,(H,23,26)/t20-/m0/s1. The Morgan fingerprint density at radius 3 is 2.65 bits per heavy atom. The van der Waals surface area contributed by atoms with Gasteiger partial charge in [-0.05, 0) is 56.7 Å². The lowest BCUT2D eigenvalue weighted by Gasteiger charge is -2.32. The van der Waals surface area contributed by atoms with Crippen LogP contribution in [0.3, 0.4) is 0 Å². The van der Waals surface area contributed by atoms with Crippen molar-refractivity contribution >= 4 is 6.03 Å². The normalized spacial score (nSPS) is 22.0. The number of likely N-dealkylation sites (tertiary alicyclic amines) is 2. The highest BCUT2D eigenvalue weighted by Crippen LogP contribution is 2.21. The van der Waals surface area contributed by atoms with Crippen LogP contribution in [0, 0.1) is 23.2 Å². The van der Waals surface area contributed by atoms with Crippen molar-refractivity contribution in [1.29, 1.82) is 5.26 Å². The number of hydrogen-bond donors (Lipinski definition) is 1. The van der Waals surface area contributed by atoms with Crippen molar-refractivity contribution in [3.63, 3.8) is 0 Å². The predicted octanol–water partition coefficient (Wildman–Crippen LogP) is 3.23. The first kappa shape index (κ1) is 18.7. The molecule has 1 aromatic carbocycles. The molecular formula is C21H30N4O. The van der Waals surface area contributed by atoms with Gasteiger partial charge in [0, 0.05) is 26.2 Å². The molecule has 2 saturated heterocycles. The number of nitriles is 1. The lowest BCUT2D eigenvalue weighted by Crippen LogP contribution is -2.45. The summed E-state index contributed by atoms with van der Waals surface area (Å²) in [6.07, 6.45) is 5.33. The summed E-state index contributed by atoms with van der Waals surface area (Å²) in [5.41, 5.74) is 1.38. The molecule has 1 N–H and O–H groups in total. The van der Waals surface area contributed by atoms with E-state index in [4.69, 9.17) is 5.26 Å². The summed E-state index contributed by atoms with van der Waals surface area (Å²) in [6, 6.07) is 13.0. The minimum Gasteiger partial charge on any atom is -0.338 e. The average Bonchev–Trinajstić information content (AvgIpc) is 2.70.